The second-order valence-electron chi connectivity index (χ2n) is 6.07. The highest BCUT2D eigenvalue weighted by molar-refractivity contribution is 5.76. The number of aryl methyl sites for hydroxylation is 3. The number of amides is 1. The van der Waals surface area contributed by atoms with E-state index in [1.165, 1.54) is 15.8 Å². The number of benzene rings is 1. The van der Waals surface area contributed by atoms with Crippen molar-refractivity contribution in [3.8, 4) is 0 Å². The van der Waals surface area contributed by atoms with E-state index in [0.717, 1.165) is 5.56 Å². The molecular formula is C17H22N4O3. The van der Waals surface area contributed by atoms with Crippen LogP contribution in [0.25, 0.3) is 0 Å². The number of rotatable bonds is 5. The van der Waals surface area contributed by atoms with Gasteiger partial charge >= 0.3 is 5.69 Å². The Morgan fingerprint density at radius 3 is 2.50 bits per heavy atom. The van der Waals surface area contributed by atoms with Gasteiger partial charge in [-0.2, -0.15) is 5.10 Å². The van der Waals surface area contributed by atoms with E-state index in [2.05, 4.69) is 16.5 Å². The Hall–Kier alpha value is -2.70. The SMILES string of the molecule is Cc1ccc(C(C)NC(=O)Cn2nc(C)c([N+](=O)[O-])c2C)cc1C. The first kappa shape index (κ1) is 17.7. The van der Waals surface area contributed by atoms with Crippen molar-refractivity contribution < 1.29 is 9.72 Å². The van der Waals surface area contributed by atoms with Crippen LogP contribution in [0.15, 0.2) is 18.2 Å². The molecular weight excluding hydrogens is 308 g/mol. The lowest BCUT2D eigenvalue weighted by Crippen LogP contribution is -2.30. The van der Waals surface area contributed by atoms with Crippen LogP contribution in [0, 0.1) is 37.8 Å². The summed E-state index contributed by atoms with van der Waals surface area (Å²) >= 11 is 0. The molecule has 1 unspecified atom stereocenters. The predicted octanol–water partition coefficient (Wildman–Crippen LogP) is 2.90. The lowest BCUT2D eigenvalue weighted by atomic mass is 10.0. The average molecular weight is 330 g/mol. The Morgan fingerprint density at radius 2 is 1.96 bits per heavy atom. The Bertz CT molecular complexity index is 795. The molecule has 7 heteroatoms. The summed E-state index contributed by atoms with van der Waals surface area (Å²) in [5, 5.41) is 18.0. The van der Waals surface area contributed by atoms with Crippen LogP contribution in [0.3, 0.4) is 0 Å². The molecule has 7 nitrogen and oxygen atoms in total. The summed E-state index contributed by atoms with van der Waals surface area (Å²) in [7, 11) is 0. The topological polar surface area (TPSA) is 90.1 Å². The molecule has 1 atom stereocenters. The first-order chi connectivity index (χ1) is 11.2. The Morgan fingerprint density at radius 1 is 1.29 bits per heavy atom. The summed E-state index contributed by atoms with van der Waals surface area (Å²) in [6, 6.07) is 5.91. The van der Waals surface area contributed by atoms with Crippen molar-refractivity contribution in [3.05, 3.63) is 56.4 Å². The highest BCUT2D eigenvalue weighted by Crippen LogP contribution is 2.22. The van der Waals surface area contributed by atoms with Gasteiger partial charge in [-0.05, 0) is 51.3 Å². The number of nitrogens with one attached hydrogen (secondary N) is 1. The summed E-state index contributed by atoms with van der Waals surface area (Å²) in [5.41, 5.74) is 4.05. The quantitative estimate of drug-likeness (QED) is 0.674. The van der Waals surface area contributed by atoms with Crippen LogP contribution in [0.4, 0.5) is 5.69 Å². The molecule has 0 bridgehead atoms. The fourth-order valence-corrected chi connectivity index (χ4v) is 2.65. The maximum atomic E-state index is 12.2. The zero-order valence-corrected chi connectivity index (χ0v) is 14.6. The highest BCUT2D eigenvalue weighted by atomic mass is 16.6. The first-order valence-electron chi connectivity index (χ1n) is 7.75. The molecule has 2 aromatic rings. The van der Waals surface area contributed by atoms with Gasteiger partial charge in [0.05, 0.1) is 11.0 Å². The maximum absolute atomic E-state index is 12.2. The monoisotopic (exact) mass is 330 g/mol. The van der Waals surface area contributed by atoms with Crippen LogP contribution < -0.4 is 5.32 Å². The molecule has 2 rings (SSSR count). The minimum absolute atomic E-state index is 0.0370. The first-order valence-corrected chi connectivity index (χ1v) is 7.75. The van der Waals surface area contributed by atoms with E-state index in [9.17, 15) is 14.9 Å². The third-order valence-electron chi connectivity index (χ3n) is 4.23. The van der Waals surface area contributed by atoms with Crippen LogP contribution in [0.1, 0.15) is 41.0 Å². The molecule has 1 aromatic heterocycles. The van der Waals surface area contributed by atoms with E-state index >= 15 is 0 Å². The molecule has 0 saturated heterocycles. The molecule has 0 aliphatic rings. The Labute approximate surface area is 140 Å². The second kappa shape index (κ2) is 6.82. The average Bonchev–Trinajstić information content (AvgIpc) is 2.75. The van der Waals surface area contributed by atoms with Crippen molar-refractivity contribution in [2.45, 2.75) is 47.2 Å². The minimum Gasteiger partial charge on any atom is -0.348 e. The van der Waals surface area contributed by atoms with Gasteiger partial charge in [0.2, 0.25) is 5.91 Å². The van der Waals surface area contributed by atoms with E-state index in [4.69, 9.17) is 0 Å². The largest absolute Gasteiger partial charge is 0.348 e. The molecule has 0 aliphatic carbocycles. The molecule has 0 aliphatic heterocycles. The number of aromatic nitrogens is 2. The van der Waals surface area contributed by atoms with Crippen LogP contribution >= 0.6 is 0 Å². The van der Waals surface area contributed by atoms with Crippen molar-refractivity contribution in [3.63, 3.8) is 0 Å². The smallest absolute Gasteiger partial charge is 0.312 e. The van der Waals surface area contributed by atoms with E-state index in [0.29, 0.717) is 11.4 Å². The number of carbonyl (C=O) groups excluding carboxylic acids is 1. The molecule has 128 valence electrons. The van der Waals surface area contributed by atoms with Gasteiger partial charge in [-0.1, -0.05) is 18.2 Å². The van der Waals surface area contributed by atoms with Crippen molar-refractivity contribution >= 4 is 11.6 Å². The van der Waals surface area contributed by atoms with Crippen LogP contribution in [-0.2, 0) is 11.3 Å². The molecule has 0 saturated carbocycles. The van der Waals surface area contributed by atoms with Gasteiger partial charge in [0.25, 0.3) is 0 Å². The van der Waals surface area contributed by atoms with Gasteiger partial charge in [-0.25, -0.2) is 0 Å². The van der Waals surface area contributed by atoms with Gasteiger partial charge in [0.15, 0.2) is 0 Å². The number of carbonyl (C=O) groups is 1. The molecule has 1 aromatic carbocycles. The third-order valence-corrected chi connectivity index (χ3v) is 4.23. The summed E-state index contributed by atoms with van der Waals surface area (Å²) in [6.07, 6.45) is 0. The highest BCUT2D eigenvalue weighted by Gasteiger charge is 2.23. The molecule has 0 spiro atoms. The van der Waals surface area contributed by atoms with Crippen molar-refractivity contribution in [2.24, 2.45) is 0 Å². The van der Waals surface area contributed by atoms with E-state index < -0.39 is 4.92 Å². The number of nitrogens with zero attached hydrogens (tertiary/aromatic N) is 3. The fourth-order valence-electron chi connectivity index (χ4n) is 2.65. The van der Waals surface area contributed by atoms with Gasteiger partial charge < -0.3 is 5.32 Å². The number of hydrogen-bond acceptors (Lipinski definition) is 4. The second-order valence-corrected chi connectivity index (χ2v) is 6.07. The van der Waals surface area contributed by atoms with Gasteiger partial charge in [-0.15, -0.1) is 0 Å². The maximum Gasteiger partial charge on any atom is 0.312 e. The van der Waals surface area contributed by atoms with Gasteiger partial charge in [-0.3, -0.25) is 19.6 Å². The zero-order valence-electron chi connectivity index (χ0n) is 14.6. The van der Waals surface area contributed by atoms with Gasteiger partial charge in [0, 0.05) is 0 Å². The molecule has 1 heterocycles. The Kier molecular flexibility index (Phi) is 5.02. The summed E-state index contributed by atoms with van der Waals surface area (Å²) in [6.45, 7) is 9.09. The standard InChI is InChI=1S/C17H22N4O3/c1-10-6-7-15(8-11(10)2)12(3)18-16(22)9-20-14(5)17(21(23)24)13(4)19-20/h6-8,12H,9H2,1-5H3,(H,18,22). The van der Waals surface area contributed by atoms with E-state index in [-0.39, 0.29) is 24.2 Å². The lowest BCUT2D eigenvalue weighted by Gasteiger charge is -2.16. The summed E-state index contributed by atoms with van der Waals surface area (Å²) in [4.78, 5) is 22.8. The molecule has 1 amide bonds. The lowest BCUT2D eigenvalue weighted by molar-refractivity contribution is -0.386. The summed E-state index contributed by atoms with van der Waals surface area (Å²) < 4.78 is 1.37. The van der Waals surface area contributed by atoms with Gasteiger partial charge in [0.1, 0.15) is 17.9 Å². The number of hydrogen-bond donors (Lipinski definition) is 1. The molecule has 24 heavy (non-hydrogen) atoms. The molecule has 0 radical (unpaired) electrons. The minimum atomic E-state index is -0.468. The van der Waals surface area contributed by atoms with E-state index in [1.54, 1.807) is 13.8 Å². The van der Waals surface area contributed by atoms with Crippen LogP contribution in [0.5, 0.6) is 0 Å². The Balaban J connectivity index is 2.09. The van der Waals surface area contributed by atoms with Crippen molar-refractivity contribution in [1.82, 2.24) is 15.1 Å². The predicted molar refractivity (Wildman–Crippen MR) is 90.8 cm³/mol. The van der Waals surface area contributed by atoms with Crippen molar-refractivity contribution in [1.29, 1.82) is 0 Å². The van der Waals surface area contributed by atoms with Crippen LogP contribution in [0.2, 0.25) is 0 Å². The molecule has 1 N–H and O–H groups in total. The molecule has 0 fully saturated rings. The van der Waals surface area contributed by atoms with Crippen molar-refractivity contribution in [2.75, 3.05) is 0 Å². The normalized spacial score (nSPS) is 12.0. The van der Waals surface area contributed by atoms with Crippen LogP contribution in [-0.4, -0.2) is 20.6 Å². The number of nitro groups is 1. The fraction of sp³-hybridized carbons (Fsp3) is 0.412. The van der Waals surface area contributed by atoms with E-state index in [1.807, 2.05) is 32.9 Å². The third kappa shape index (κ3) is 3.61. The zero-order chi connectivity index (χ0) is 18.0. The summed E-state index contributed by atoms with van der Waals surface area (Å²) in [5.74, 6) is -0.235.